The molecule has 0 radical (unpaired) electrons. The molecule has 1 aromatic carbocycles. The fraction of sp³-hybridized carbons (Fsp3) is 0.588. The summed E-state index contributed by atoms with van der Waals surface area (Å²) in [5.41, 5.74) is 2.85. The summed E-state index contributed by atoms with van der Waals surface area (Å²) in [7, 11) is 0. The van der Waals surface area contributed by atoms with E-state index in [4.69, 9.17) is 4.74 Å². The van der Waals surface area contributed by atoms with Crippen LogP contribution in [-0.2, 0) is 16.0 Å². The normalized spacial score (nSPS) is 21.4. The number of hydrogen-bond donors (Lipinski definition) is 1. The molecule has 1 aliphatic rings. The average Bonchev–Trinajstić information content (AvgIpc) is 2.66. The van der Waals surface area contributed by atoms with Crippen molar-refractivity contribution < 1.29 is 9.53 Å². The van der Waals surface area contributed by atoms with Crippen molar-refractivity contribution >= 4 is 17.7 Å². The summed E-state index contributed by atoms with van der Waals surface area (Å²) < 4.78 is 5.05. The number of nitrogens with one attached hydrogen (secondary N) is 1. The lowest BCUT2D eigenvalue weighted by Crippen LogP contribution is -2.30. The third kappa shape index (κ3) is 4.48. The van der Waals surface area contributed by atoms with E-state index in [0.29, 0.717) is 23.7 Å². The second kappa shape index (κ2) is 8.44. The molecule has 21 heavy (non-hydrogen) atoms. The first kappa shape index (κ1) is 16.4. The molecule has 0 heterocycles. The third-order valence-electron chi connectivity index (χ3n) is 3.84. The minimum Gasteiger partial charge on any atom is -0.465 e. The Labute approximate surface area is 131 Å². The number of benzene rings is 1. The molecule has 2 atom stereocenters. The molecule has 0 saturated heterocycles. The number of hydrogen-bond acceptors (Lipinski definition) is 4. The molecule has 1 aromatic rings. The summed E-state index contributed by atoms with van der Waals surface area (Å²) in [6.45, 7) is 5.39. The Morgan fingerprint density at radius 3 is 2.95 bits per heavy atom. The van der Waals surface area contributed by atoms with Crippen LogP contribution in [0.15, 0.2) is 24.3 Å². The quantitative estimate of drug-likeness (QED) is 0.646. The van der Waals surface area contributed by atoms with Gasteiger partial charge in [0.15, 0.2) is 0 Å². The van der Waals surface area contributed by atoms with Crippen LogP contribution in [-0.4, -0.2) is 30.1 Å². The molecule has 0 aliphatic heterocycles. The molecule has 0 aromatic heterocycles. The number of aryl methyl sites for hydroxylation is 1. The van der Waals surface area contributed by atoms with Gasteiger partial charge in [-0.05, 0) is 43.9 Å². The van der Waals surface area contributed by atoms with Crippen LogP contribution in [0, 0.1) is 0 Å². The number of rotatable bonds is 6. The summed E-state index contributed by atoms with van der Waals surface area (Å²) in [5.74, 6) is 0.345. The van der Waals surface area contributed by atoms with Gasteiger partial charge in [0.2, 0.25) is 0 Å². The zero-order chi connectivity index (χ0) is 15.1. The first-order valence-corrected chi connectivity index (χ1v) is 8.89. The predicted molar refractivity (Wildman–Crippen MR) is 88.7 cm³/mol. The second-order valence-electron chi connectivity index (χ2n) is 5.28. The van der Waals surface area contributed by atoms with Gasteiger partial charge in [-0.15, -0.1) is 11.8 Å². The third-order valence-corrected chi connectivity index (χ3v) is 5.18. The minimum absolute atomic E-state index is 0.102. The molecule has 0 fully saturated rings. The van der Waals surface area contributed by atoms with Crippen LogP contribution in [0.2, 0.25) is 0 Å². The number of carbonyl (C=O) groups excluding carboxylic acids is 1. The van der Waals surface area contributed by atoms with Gasteiger partial charge >= 0.3 is 5.97 Å². The molecule has 3 nitrogen and oxygen atoms in total. The Kier molecular flexibility index (Phi) is 6.58. The van der Waals surface area contributed by atoms with Crippen molar-refractivity contribution in [3.05, 3.63) is 35.4 Å². The fourth-order valence-electron chi connectivity index (χ4n) is 2.94. The molecule has 1 N–H and O–H groups in total. The Morgan fingerprint density at radius 2 is 2.19 bits per heavy atom. The Bertz CT molecular complexity index is 464. The lowest BCUT2D eigenvalue weighted by Gasteiger charge is -2.27. The highest BCUT2D eigenvalue weighted by Gasteiger charge is 2.27. The molecule has 116 valence electrons. The van der Waals surface area contributed by atoms with Gasteiger partial charge in [-0.2, -0.15) is 0 Å². The van der Waals surface area contributed by atoms with Crippen LogP contribution in [0.5, 0.6) is 0 Å². The average molecular weight is 307 g/mol. The highest BCUT2D eigenvalue weighted by atomic mass is 32.2. The van der Waals surface area contributed by atoms with Crippen molar-refractivity contribution in [3.8, 4) is 0 Å². The Morgan fingerprint density at radius 1 is 1.38 bits per heavy atom. The van der Waals surface area contributed by atoms with E-state index in [1.54, 1.807) is 11.8 Å². The van der Waals surface area contributed by atoms with Crippen LogP contribution in [0.25, 0.3) is 0 Å². The summed E-state index contributed by atoms with van der Waals surface area (Å²) in [4.78, 5) is 11.6. The lowest BCUT2D eigenvalue weighted by molar-refractivity contribution is -0.139. The smallest absolute Gasteiger partial charge is 0.315 e. The zero-order valence-electron chi connectivity index (χ0n) is 12.9. The van der Waals surface area contributed by atoms with Crippen LogP contribution >= 0.6 is 11.8 Å². The maximum Gasteiger partial charge on any atom is 0.315 e. The predicted octanol–water partition coefficient (Wildman–Crippen LogP) is 3.34. The van der Waals surface area contributed by atoms with E-state index in [0.717, 1.165) is 19.4 Å². The van der Waals surface area contributed by atoms with Gasteiger partial charge in [0.25, 0.3) is 0 Å². The monoisotopic (exact) mass is 307 g/mol. The summed E-state index contributed by atoms with van der Waals surface area (Å²) in [6, 6.07) is 9.02. The molecule has 2 unspecified atom stereocenters. The van der Waals surface area contributed by atoms with E-state index in [-0.39, 0.29) is 5.97 Å². The number of thioether (sulfide) groups is 1. The van der Waals surface area contributed by atoms with Gasteiger partial charge in [0.1, 0.15) is 0 Å². The van der Waals surface area contributed by atoms with Crippen molar-refractivity contribution in [2.45, 2.75) is 44.4 Å². The fourth-order valence-corrected chi connectivity index (χ4v) is 4.15. The first-order chi connectivity index (χ1) is 10.3. The van der Waals surface area contributed by atoms with Gasteiger partial charge < -0.3 is 10.1 Å². The van der Waals surface area contributed by atoms with Gasteiger partial charge in [-0.3, -0.25) is 4.79 Å². The number of fused-ring (bicyclic) bond motifs is 1. The highest BCUT2D eigenvalue weighted by molar-refractivity contribution is 8.00. The molecule has 1 aliphatic carbocycles. The molecule has 0 spiro atoms. The van der Waals surface area contributed by atoms with E-state index in [9.17, 15) is 4.79 Å². The van der Waals surface area contributed by atoms with E-state index in [2.05, 4.69) is 36.5 Å². The number of esters is 1. The van der Waals surface area contributed by atoms with Crippen LogP contribution in [0.1, 0.15) is 43.9 Å². The standard InChI is InChI=1S/C17H25NO2S/c1-3-18-17-14-10-6-5-8-13(14)9-7-11-15(17)21-12-16(19)20-4-2/h5-6,8,10,15,17-18H,3-4,7,9,11-12H2,1-2H3. The first-order valence-electron chi connectivity index (χ1n) is 7.84. The van der Waals surface area contributed by atoms with E-state index in [1.807, 2.05) is 6.92 Å². The van der Waals surface area contributed by atoms with Crippen molar-refractivity contribution in [3.63, 3.8) is 0 Å². The van der Waals surface area contributed by atoms with Crippen molar-refractivity contribution in [2.75, 3.05) is 18.9 Å². The van der Waals surface area contributed by atoms with E-state index < -0.39 is 0 Å². The Hall–Kier alpha value is -1.00. The minimum atomic E-state index is -0.102. The maximum absolute atomic E-state index is 11.6. The topological polar surface area (TPSA) is 38.3 Å². The van der Waals surface area contributed by atoms with Gasteiger partial charge in [-0.1, -0.05) is 31.2 Å². The Balaban J connectivity index is 2.10. The number of carbonyl (C=O) groups is 1. The summed E-state index contributed by atoms with van der Waals surface area (Å²) in [6.07, 6.45) is 3.45. The molecule has 0 bridgehead atoms. The SMILES string of the molecule is CCNC1c2ccccc2CCCC1SCC(=O)OCC. The molecular weight excluding hydrogens is 282 g/mol. The summed E-state index contributed by atoms with van der Waals surface area (Å²) in [5, 5.41) is 4.04. The molecular formula is C17H25NO2S. The lowest BCUT2D eigenvalue weighted by atomic mass is 9.99. The van der Waals surface area contributed by atoms with Crippen molar-refractivity contribution in [2.24, 2.45) is 0 Å². The zero-order valence-corrected chi connectivity index (χ0v) is 13.7. The summed E-state index contributed by atoms with van der Waals surface area (Å²) >= 11 is 1.73. The highest BCUT2D eigenvalue weighted by Crippen LogP contribution is 2.35. The van der Waals surface area contributed by atoms with Gasteiger partial charge in [-0.25, -0.2) is 0 Å². The van der Waals surface area contributed by atoms with Crippen LogP contribution in [0.4, 0.5) is 0 Å². The number of ether oxygens (including phenoxy) is 1. The van der Waals surface area contributed by atoms with Gasteiger partial charge in [0.05, 0.1) is 12.4 Å². The van der Waals surface area contributed by atoms with Crippen LogP contribution in [0.3, 0.4) is 0 Å². The molecule has 2 rings (SSSR count). The largest absolute Gasteiger partial charge is 0.465 e. The van der Waals surface area contributed by atoms with Crippen molar-refractivity contribution in [1.82, 2.24) is 5.32 Å². The molecule has 4 heteroatoms. The maximum atomic E-state index is 11.6. The molecule has 0 amide bonds. The van der Waals surface area contributed by atoms with Crippen LogP contribution < -0.4 is 5.32 Å². The van der Waals surface area contributed by atoms with E-state index in [1.165, 1.54) is 17.5 Å². The van der Waals surface area contributed by atoms with Crippen molar-refractivity contribution in [1.29, 1.82) is 0 Å². The van der Waals surface area contributed by atoms with E-state index >= 15 is 0 Å². The van der Waals surface area contributed by atoms with Gasteiger partial charge in [0, 0.05) is 11.3 Å². The molecule has 0 saturated carbocycles. The second-order valence-corrected chi connectivity index (χ2v) is 6.51.